The Bertz CT molecular complexity index is 738. The number of aromatic nitrogens is 1. The van der Waals surface area contributed by atoms with Crippen LogP contribution in [0.5, 0.6) is 0 Å². The molecule has 0 atom stereocenters. The molecule has 0 radical (unpaired) electrons. The molecule has 0 aliphatic carbocycles. The van der Waals surface area contributed by atoms with Gasteiger partial charge in [0, 0.05) is 22.6 Å². The molecule has 0 saturated heterocycles. The van der Waals surface area contributed by atoms with Gasteiger partial charge in [-0.25, -0.2) is 4.39 Å². The fraction of sp³-hybridized carbons (Fsp3) is 0.0625. The van der Waals surface area contributed by atoms with Crippen LogP contribution in [0.4, 0.5) is 10.1 Å². The van der Waals surface area contributed by atoms with Gasteiger partial charge in [0.2, 0.25) is 0 Å². The summed E-state index contributed by atoms with van der Waals surface area (Å²) in [4.78, 5) is 4.28. The second-order valence-corrected chi connectivity index (χ2v) is 5.34. The molecule has 3 aromatic rings. The first-order chi connectivity index (χ1) is 9.74. The van der Waals surface area contributed by atoms with E-state index in [1.165, 1.54) is 6.07 Å². The molecule has 4 heteroatoms. The third-order valence-electron chi connectivity index (χ3n) is 3.10. The Morgan fingerprint density at radius 3 is 2.85 bits per heavy atom. The summed E-state index contributed by atoms with van der Waals surface area (Å²) in [7, 11) is 0. The number of pyridine rings is 1. The van der Waals surface area contributed by atoms with E-state index in [0.717, 1.165) is 20.9 Å². The molecule has 0 amide bonds. The summed E-state index contributed by atoms with van der Waals surface area (Å²) in [5.74, 6) is -0.262. The van der Waals surface area contributed by atoms with Crippen molar-refractivity contribution in [2.75, 3.05) is 5.32 Å². The van der Waals surface area contributed by atoms with Crippen molar-refractivity contribution >= 4 is 32.5 Å². The Morgan fingerprint density at radius 2 is 2.00 bits per heavy atom. The minimum atomic E-state index is -0.262. The van der Waals surface area contributed by atoms with Crippen LogP contribution >= 0.6 is 15.9 Å². The molecule has 0 aliphatic heterocycles. The van der Waals surface area contributed by atoms with Crippen molar-refractivity contribution in [3.63, 3.8) is 0 Å². The molecule has 20 heavy (non-hydrogen) atoms. The van der Waals surface area contributed by atoms with Crippen molar-refractivity contribution in [2.45, 2.75) is 6.54 Å². The summed E-state index contributed by atoms with van der Waals surface area (Å²) in [6, 6.07) is 14.9. The standard InChI is InChI=1S/C16H12BrFN2/c17-13-4-1-5-14(18)16(13)20-10-11-6-7-15-12(9-11)3-2-8-19-15/h1-9,20H,10H2. The van der Waals surface area contributed by atoms with Crippen molar-refractivity contribution in [2.24, 2.45) is 0 Å². The lowest BCUT2D eigenvalue weighted by molar-refractivity contribution is 0.629. The number of para-hydroxylation sites is 1. The van der Waals surface area contributed by atoms with Crippen LogP contribution in [0.1, 0.15) is 5.56 Å². The summed E-state index contributed by atoms with van der Waals surface area (Å²) in [5.41, 5.74) is 2.53. The molecule has 0 fully saturated rings. The van der Waals surface area contributed by atoms with Crippen LogP contribution in [0.3, 0.4) is 0 Å². The molecule has 0 aliphatic rings. The maximum Gasteiger partial charge on any atom is 0.147 e. The van der Waals surface area contributed by atoms with E-state index in [0.29, 0.717) is 12.2 Å². The number of anilines is 1. The summed E-state index contributed by atoms with van der Waals surface area (Å²) < 4.78 is 14.4. The summed E-state index contributed by atoms with van der Waals surface area (Å²) in [5, 5.41) is 4.20. The van der Waals surface area contributed by atoms with E-state index >= 15 is 0 Å². The van der Waals surface area contributed by atoms with Gasteiger partial charge in [0.25, 0.3) is 0 Å². The molecule has 0 saturated carbocycles. The Hall–Kier alpha value is -1.94. The third kappa shape index (κ3) is 2.65. The van der Waals surface area contributed by atoms with Crippen LogP contribution in [0.15, 0.2) is 59.2 Å². The Balaban J connectivity index is 1.83. The molecule has 1 heterocycles. The highest BCUT2D eigenvalue weighted by atomic mass is 79.9. The zero-order valence-electron chi connectivity index (χ0n) is 10.6. The lowest BCUT2D eigenvalue weighted by atomic mass is 10.1. The highest BCUT2D eigenvalue weighted by molar-refractivity contribution is 9.10. The van der Waals surface area contributed by atoms with Crippen molar-refractivity contribution in [3.05, 3.63) is 70.6 Å². The van der Waals surface area contributed by atoms with E-state index in [2.05, 4.69) is 32.3 Å². The quantitative estimate of drug-likeness (QED) is 0.749. The van der Waals surface area contributed by atoms with Crippen LogP contribution in [0, 0.1) is 5.82 Å². The van der Waals surface area contributed by atoms with Crippen molar-refractivity contribution in [1.29, 1.82) is 0 Å². The molecule has 1 aromatic heterocycles. The number of nitrogens with zero attached hydrogens (tertiary/aromatic N) is 1. The number of nitrogens with one attached hydrogen (secondary N) is 1. The number of rotatable bonds is 3. The van der Waals surface area contributed by atoms with Crippen LogP contribution in [-0.4, -0.2) is 4.98 Å². The monoisotopic (exact) mass is 330 g/mol. The van der Waals surface area contributed by atoms with E-state index < -0.39 is 0 Å². The zero-order valence-corrected chi connectivity index (χ0v) is 12.2. The van der Waals surface area contributed by atoms with Gasteiger partial charge in [0.05, 0.1) is 11.2 Å². The van der Waals surface area contributed by atoms with Gasteiger partial charge < -0.3 is 5.32 Å². The molecule has 0 spiro atoms. The lowest BCUT2D eigenvalue weighted by Gasteiger charge is -2.10. The molecular weight excluding hydrogens is 319 g/mol. The number of hydrogen-bond donors (Lipinski definition) is 1. The van der Waals surface area contributed by atoms with Crippen molar-refractivity contribution < 1.29 is 4.39 Å². The van der Waals surface area contributed by atoms with E-state index in [9.17, 15) is 4.39 Å². The summed E-state index contributed by atoms with van der Waals surface area (Å²) >= 11 is 3.35. The molecule has 2 nitrogen and oxygen atoms in total. The molecule has 100 valence electrons. The van der Waals surface area contributed by atoms with Crippen molar-refractivity contribution in [1.82, 2.24) is 4.98 Å². The number of benzene rings is 2. The minimum Gasteiger partial charge on any atom is -0.378 e. The second-order valence-electron chi connectivity index (χ2n) is 4.48. The first kappa shape index (κ1) is 13.1. The van der Waals surface area contributed by atoms with E-state index in [4.69, 9.17) is 0 Å². The highest BCUT2D eigenvalue weighted by Crippen LogP contribution is 2.26. The van der Waals surface area contributed by atoms with Gasteiger partial charge in [-0.15, -0.1) is 0 Å². The van der Waals surface area contributed by atoms with Crippen molar-refractivity contribution in [3.8, 4) is 0 Å². The summed E-state index contributed by atoms with van der Waals surface area (Å²) in [6.45, 7) is 0.560. The SMILES string of the molecule is Fc1cccc(Br)c1NCc1ccc2ncccc2c1. The van der Waals surface area contributed by atoms with Gasteiger partial charge in [0.15, 0.2) is 0 Å². The largest absolute Gasteiger partial charge is 0.378 e. The van der Waals surface area contributed by atoms with Crippen LogP contribution in [0.25, 0.3) is 10.9 Å². The van der Waals surface area contributed by atoms with Gasteiger partial charge >= 0.3 is 0 Å². The smallest absolute Gasteiger partial charge is 0.147 e. The topological polar surface area (TPSA) is 24.9 Å². The van der Waals surface area contributed by atoms with Gasteiger partial charge in [-0.3, -0.25) is 4.98 Å². The summed E-state index contributed by atoms with van der Waals surface area (Å²) in [6.07, 6.45) is 1.77. The van der Waals surface area contributed by atoms with E-state index in [1.807, 2.05) is 30.3 Å². The Morgan fingerprint density at radius 1 is 1.10 bits per heavy atom. The first-order valence-electron chi connectivity index (χ1n) is 6.25. The number of halogens is 2. The first-order valence-corrected chi connectivity index (χ1v) is 7.05. The average Bonchev–Trinajstić information content (AvgIpc) is 2.46. The van der Waals surface area contributed by atoms with Crippen LogP contribution in [0.2, 0.25) is 0 Å². The predicted octanol–water partition coefficient (Wildman–Crippen LogP) is 4.75. The zero-order chi connectivity index (χ0) is 13.9. The fourth-order valence-electron chi connectivity index (χ4n) is 2.09. The highest BCUT2D eigenvalue weighted by Gasteiger charge is 2.05. The van der Waals surface area contributed by atoms with Gasteiger partial charge in [0.1, 0.15) is 5.82 Å². The molecule has 3 rings (SSSR count). The second kappa shape index (κ2) is 5.59. The van der Waals surface area contributed by atoms with Gasteiger partial charge in [-0.2, -0.15) is 0 Å². The molecule has 0 unspecified atom stereocenters. The van der Waals surface area contributed by atoms with E-state index in [1.54, 1.807) is 12.3 Å². The van der Waals surface area contributed by atoms with Gasteiger partial charge in [-0.1, -0.05) is 18.2 Å². The van der Waals surface area contributed by atoms with Crippen LogP contribution in [-0.2, 0) is 6.54 Å². The lowest BCUT2D eigenvalue weighted by Crippen LogP contribution is -2.02. The minimum absolute atomic E-state index is 0.262. The maximum atomic E-state index is 13.7. The number of fused-ring (bicyclic) bond motifs is 1. The Kier molecular flexibility index (Phi) is 3.65. The predicted molar refractivity (Wildman–Crippen MR) is 83.2 cm³/mol. The normalized spacial score (nSPS) is 10.7. The van der Waals surface area contributed by atoms with Gasteiger partial charge in [-0.05, 0) is 51.8 Å². The molecule has 2 aromatic carbocycles. The number of hydrogen-bond acceptors (Lipinski definition) is 2. The maximum absolute atomic E-state index is 13.7. The molecule has 0 bridgehead atoms. The average molecular weight is 331 g/mol. The third-order valence-corrected chi connectivity index (χ3v) is 3.76. The van der Waals surface area contributed by atoms with Crippen LogP contribution < -0.4 is 5.32 Å². The fourth-order valence-corrected chi connectivity index (χ4v) is 2.57. The molecule has 1 N–H and O–H groups in total. The molecular formula is C16H12BrFN2. The Labute approximate surface area is 124 Å². The van der Waals surface area contributed by atoms with E-state index in [-0.39, 0.29) is 5.82 Å².